The highest BCUT2D eigenvalue weighted by molar-refractivity contribution is 7.13. The van der Waals surface area contributed by atoms with Crippen molar-refractivity contribution in [1.29, 1.82) is 0 Å². The number of aromatic nitrogens is 1. The molecule has 0 fully saturated rings. The van der Waals surface area contributed by atoms with E-state index in [-0.39, 0.29) is 18.9 Å². The Morgan fingerprint density at radius 1 is 1.38 bits per heavy atom. The zero-order valence-electron chi connectivity index (χ0n) is 13.7. The number of carbonyl (C=O) groups is 2. The van der Waals surface area contributed by atoms with Gasteiger partial charge in [-0.3, -0.25) is 14.9 Å². The van der Waals surface area contributed by atoms with Gasteiger partial charge in [-0.05, 0) is 24.0 Å². The van der Waals surface area contributed by atoms with E-state index < -0.39 is 5.91 Å². The Labute approximate surface area is 145 Å². The van der Waals surface area contributed by atoms with Crippen LogP contribution in [0.5, 0.6) is 5.75 Å². The molecule has 24 heavy (non-hydrogen) atoms. The van der Waals surface area contributed by atoms with E-state index in [9.17, 15) is 9.59 Å². The first kappa shape index (κ1) is 17.9. The zero-order chi connectivity index (χ0) is 17.5. The van der Waals surface area contributed by atoms with Crippen molar-refractivity contribution in [3.63, 3.8) is 0 Å². The number of anilines is 1. The molecule has 2 rings (SSSR count). The van der Waals surface area contributed by atoms with Crippen LogP contribution in [-0.4, -0.2) is 23.4 Å². The molecule has 2 amide bonds. The van der Waals surface area contributed by atoms with Gasteiger partial charge >= 0.3 is 0 Å². The van der Waals surface area contributed by atoms with E-state index in [4.69, 9.17) is 10.5 Å². The van der Waals surface area contributed by atoms with E-state index in [0.29, 0.717) is 16.7 Å². The second-order valence-corrected chi connectivity index (χ2v) is 6.33. The molecule has 128 valence electrons. The van der Waals surface area contributed by atoms with Crippen molar-refractivity contribution < 1.29 is 14.3 Å². The Bertz CT molecular complexity index is 715. The number of benzene rings is 1. The standard InChI is InChI=1S/C17H21N3O3S/c1-3-11(2)13-6-4-5-7-14(13)23-9-16(22)20-17-19-12(10-24-17)8-15(18)21/h4-7,10-11H,3,8-9H2,1-2H3,(H2,18,21)(H,19,20,22). The molecule has 0 saturated carbocycles. The van der Waals surface area contributed by atoms with Gasteiger partial charge in [0.05, 0.1) is 12.1 Å². The quantitative estimate of drug-likeness (QED) is 0.767. The number of primary amides is 1. The van der Waals surface area contributed by atoms with Gasteiger partial charge in [0.1, 0.15) is 5.75 Å². The van der Waals surface area contributed by atoms with Crippen LogP contribution in [-0.2, 0) is 16.0 Å². The number of nitrogens with one attached hydrogen (secondary N) is 1. The van der Waals surface area contributed by atoms with Crippen molar-refractivity contribution in [2.24, 2.45) is 5.73 Å². The van der Waals surface area contributed by atoms with E-state index in [1.54, 1.807) is 5.38 Å². The smallest absolute Gasteiger partial charge is 0.264 e. The van der Waals surface area contributed by atoms with Crippen LogP contribution in [0.15, 0.2) is 29.6 Å². The van der Waals surface area contributed by atoms with E-state index in [1.807, 2.05) is 24.3 Å². The molecule has 1 unspecified atom stereocenters. The number of para-hydroxylation sites is 1. The molecule has 1 atom stereocenters. The lowest BCUT2D eigenvalue weighted by atomic mass is 9.98. The Balaban J connectivity index is 1.92. The number of thiazole rings is 1. The molecule has 1 heterocycles. The van der Waals surface area contributed by atoms with Gasteiger partial charge in [0.15, 0.2) is 11.7 Å². The Morgan fingerprint density at radius 3 is 2.83 bits per heavy atom. The summed E-state index contributed by atoms with van der Waals surface area (Å²) in [5, 5.41) is 4.78. The van der Waals surface area contributed by atoms with Crippen LogP contribution < -0.4 is 15.8 Å². The number of carbonyl (C=O) groups excluding carboxylic acids is 2. The maximum Gasteiger partial charge on any atom is 0.264 e. The van der Waals surface area contributed by atoms with Gasteiger partial charge in [-0.2, -0.15) is 0 Å². The van der Waals surface area contributed by atoms with Crippen molar-refractivity contribution in [3.8, 4) is 5.75 Å². The van der Waals surface area contributed by atoms with Crippen LogP contribution in [0, 0.1) is 0 Å². The van der Waals surface area contributed by atoms with Gasteiger partial charge in [-0.1, -0.05) is 32.0 Å². The fraction of sp³-hybridized carbons (Fsp3) is 0.353. The molecule has 0 aliphatic rings. The van der Waals surface area contributed by atoms with Crippen LogP contribution in [0.2, 0.25) is 0 Å². The monoisotopic (exact) mass is 347 g/mol. The SMILES string of the molecule is CCC(C)c1ccccc1OCC(=O)Nc1nc(CC(N)=O)cs1. The Hall–Kier alpha value is -2.41. The highest BCUT2D eigenvalue weighted by atomic mass is 32.1. The summed E-state index contributed by atoms with van der Waals surface area (Å²) in [6.07, 6.45) is 1.06. The van der Waals surface area contributed by atoms with Crippen LogP contribution in [0.3, 0.4) is 0 Å². The zero-order valence-corrected chi connectivity index (χ0v) is 14.6. The molecule has 0 saturated heterocycles. The molecule has 6 nitrogen and oxygen atoms in total. The summed E-state index contributed by atoms with van der Waals surface area (Å²) >= 11 is 1.25. The first-order chi connectivity index (χ1) is 11.5. The number of ether oxygens (including phenoxy) is 1. The number of hydrogen-bond donors (Lipinski definition) is 2. The number of rotatable bonds is 8. The fourth-order valence-electron chi connectivity index (χ4n) is 2.16. The van der Waals surface area contributed by atoms with E-state index >= 15 is 0 Å². The summed E-state index contributed by atoms with van der Waals surface area (Å²) in [5.74, 6) is 0.326. The van der Waals surface area contributed by atoms with Gasteiger partial charge in [0.2, 0.25) is 5.91 Å². The van der Waals surface area contributed by atoms with Gasteiger partial charge in [-0.25, -0.2) is 4.98 Å². The molecule has 1 aromatic heterocycles. The van der Waals surface area contributed by atoms with Gasteiger partial charge in [0.25, 0.3) is 5.91 Å². The van der Waals surface area contributed by atoms with E-state index in [0.717, 1.165) is 17.7 Å². The van der Waals surface area contributed by atoms with Crippen LogP contribution in [0.4, 0.5) is 5.13 Å². The first-order valence-corrected chi connectivity index (χ1v) is 8.61. The molecule has 0 aliphatic carbocycles. The topological polar surface area (TPSA) is 94.3 Å². The third-order valence-electron chi connectivity index (χ3n) is 3.57. The largest absolute Gasteiger partial charge is 0.483 e. The lowest BCUT2D eigenvalue weighted by Crippen LogP contribution is -2.20. The summed E-state index contributed by atoms with van der Waals surface area (Å²) in [4.78, 5) is 27.0. The third-order valence-corrected chi connectivity index (χ3v) is 4.38. The van der Waals surface area contributed by atoms with Crippen molar-refractivity contribution in [1.82, 2.24) is 4.98 Å². The normalized spacial score (nSPS) is 11.8. The molecule has 3 N–H and O–H groups in total. The van der Waals surface area contributed by atoms with Crippen molar-refractivity contribution in [3.05, 3.63) is 40.9 Å². The number of amides is 2. The summed E-state index contributed by atoms with van der Waals surface area (Å²) < 4.78 is 5.66. The van der Waals surface area contributed by atoms with E-state index in [2.05, 4.69) is 24.1 Å². The number of nitrogens with zero attached hydrogens (tertiary/aromatic N) is 1. The van der Waals surface area contributed by atoms with Gasteiger partial charge < -0.3 is 10.5 Å². The minimum atomic E-state index is -0.455. The van der Waals surface area contributed by atoms with Crippen molar-refractivity contribution in [2.75, 3.05) is 11.9 Å². The highest BCUT2D eigenvalue weighted by Crippen LogP contribution is 2.28. The Kier molecular flexibility index (Phi) is 6.31. The van der Waals surface area contributed by atoms with Crippen LogP contribution >= 0.6 is 11.3 Å². The third kappa shape index (κ3) is 5.06. The molecular weight excluding hydrogens is 326 g/mol. The average molecular weight is 347 g/mol. The van der Waals surface area contributed by atoms with Crippen LogP contribution in [0.1, 0.15) is 37.4 Å². The Morgan fingerprint density at radius 2 is 2.12 bits per heavy atom. The molecule has 7 heteroatoms. The highest BCUT2D eigenvalue weighted by Gasteiger charge is 2.12. The second-order valence-electron chi connectivity index (χ2n) is 5.47. The molecule has 0 aliphatic heterocycles. The summed E-state index contributed by atoms with van der Waals surface area (Å²) in [7, 11) is 0. The predicted molar refractivity (Wildman–Crippen MR) is 94.3 cm³/mol. The predicted octanol–water partition coefficient (Wildman–Crippen LogP) is 2.70. The molecule has 0 spiro atoms. The minimum Gasteiger partial charge on any atom is -0.483 e. The summed E-state index contributed by atoms with van der Waals surface area (Å²) in [6.45, 7) is 4.14. The van der Waals surface area contributed by atoms with Crippen LogP contribution in [0.25, 0.3) is 0 Å². The second kappa shape index (κ2) is 8.44. The summed E-state index contributed by atoms with van der Waals surface area (Å²) in [5.41, 5.74) is 6.75. The van der Waals surface area contributed by atoms with Crippen molar-refractivity contribution >= 4 is 28.3 Å². The molecule has 1 aromatic carbocycles. The molecule has 2 aromatic rings. The molecule has 0 radical (unpaired) electrons. The molecular formula is C17H21N3O3S. The lowest BCUT2D eigenvalue weighted by Gasteiger charge is -2.15. The lowest BCUT2D eigenvalue weighted by molar-refractivity contribution is -0.118. The first-order valence-electron chi connectivity index (χ1n) is 7.73. The fourth-order valence-corrected chi connectivity index (χ4v) is 2.89. The minimum absolute atomic E-state index is 0.0607. The summed E-state index contributed by atoms with van der Waals surface area (Å²) in [6, 6.07) is 7.72. The van der Waals surface area contributed by atoms with E-state index in [1.165, 1.54) is 11.3 Å². The van der Waals surface area contributed by atoms with Gasteiger partial charge in [-0.15, -0.1) is 11.3 Å². The molecule has 0 bridgehead atoms. The van der Waals surface area contributed by atoms with Crippen molar-refractivity contribution in [2.45, 2.75) is 32.6 Å². The maximum absolute atomic E-state index is 12.0. The number of hydrogen-bond acceptors (Lipinski definition) is 5. The van der Waals surface area contributed by atoms with Gasteiger partial charge in [0, 0.05) is 5.38 Å². The number of nitrogens with two attached hydrogens (primary N) is 1. The maximum atomic E-state index is 12.0. The average Bonchev–Trinajstić information content (AvgIpc) is 2.98.